The summed E-state index contributed by atoms with van der Waals surface area (Å²) in [5.41, 5.74) is 2.49. The molecule has 50 heavy (non-hydrogen) atoms. The second-order valence-electron chi connectivity index (χ2n) is 13.3. The zero-order valence-corrected chi connectivity index (χ0v) is 28.9. The van der Waals surface area contributed by atoms with Crippen molar-refractivity contribution in [1.29, 1.82) is 0 Å². The predicted molar refractivity (Wildman–Crippen MR) is 192 cm³/mol. The summed E-state index contributed by atoms with van der Waals surface area (Å²) in [5.74, 6) is -2.87. The van der Waals surface area contributed by atoms with E-state index in [0.29, 0.717) is 33.7 Å². The number of rotatable bonds is 10. The molecule has 0 bridgehead atoms. The van der Waals surface area contributed by atoms with E-state index in [4.69, 9.17) is 8.84 Å². The number of alkyl halides is 2. The lowest BCUT2D eigenvalue weighted by molar-refractivity contribution is -0.0597. The Morgan fingerprint density at radius 2 is 1.38 bits per heavy atom. The molecule has 3 aromatic heterocycles. The van der Waals surface area contributed by atoms with Crippen molar-refractivity contribution in [2.24, 2.45) is 0 Å². The molecular formula is C40H35F3N4O2Si. The van der Waals surface area contributed by atoms with Crippen molar-refractivity contribution < 1.29 is 22.0 Å². The normalized spacial score (nSPS) is 12.4. The second kappa shape index (κ2) is 13.2. The Bertz CT molecular complexity index is 2180. The molecule has 7 rings (SSSR count). The molecule has 0 radical (unpaired) electrons. The zero-order valence-electron chi connectivity index (χ0n) is 27.9. The van der Waals surface area contributed by atoms with Gasteiger partial charge in [-0.25, -0.2) is 18.2 Å². The van der Waals surface area contributed by atoms with Crippen molar-refractivity contribution in [2.75, 3.05) is 6.61 Å². The summed E-state index contributed by atoms with van der Waals surface area (Å²) in [4.78, 5) is 9.21. The second-order valence-corrected chi connectivity index (χ2v) is 17.6. The largest absolute Gasteiger partial charge is 0.438 e. The van der Waals surface area contributed by atoms with Crippen LogP contribution in [0, 0.1) is 5.82 Å². The Kier molecular flexibility index (Phi) is 8.75. The predicted octanol–water partition coefficient (Wildman–Crippen LogP) is 8.77. The minimum absolute atomic E-state index is 0.240. The number of hydrogen-bond acceptors (Lipinski definition) is 5. The van der Waals surface area contributed by atoms with Crippen LogP contribution in [-0.2, 0) is 11.0 Å². The highest BCUT2D eigenvalue weighted by Crippen LogP contribution is 2.38. The number of aromatic nitrogens is 4. The Morgan fingerprint density at radius 3 is 1.98 bits per heavy atom. The first-order chi connectivity index (χ1) is 24.0. The van der Waals surface area contributed by atoms with Gasteiger partial charge in [-0.1, -0.05) is 112 Å². The van der Waals surface area contributed by atoms with Crippen LogP contribution in [-0.4, -0.2) is 40.6 Å². The van der Waals surface area contributed by atoms with Crippen LogP contribution >= 0.6 is 0 Å². The number of benzene rings is 4. The maximum absolute atomic E-state index is 16.2. The van der Waals surface area contributed by atoms with Gasteiger partial charge in [-0.15, -0.1) is 0 Å². The lowest BCUT2D eigenvalue weighted by Crippen LogP contribution is -2.67. The van der Waals surface area contributed by atoms with Gasteiger partial charge in [0, 0.05) is 23.5 Å². The maximum atomic E-state index is 16.2. The highest BCUT2D eigenvalue weighted by Gasteiger charge is 2.51. The average molecular weight is 689 g/mol. The molecule has 4 aromatic carbocycles. The van der Waals surface area contributed by atoms with E-state index < -0.39 is 38.2 Å². The van der Waals surface area contributed by atoms with E-state index in [1.54, 1.807) is 18.3 Å². The zero-order chi connectivity index (χ0) is 34.9. The quantitative estimate of drug-likeness (QED) is 0.135. The fourth-order valence-electron chi connectivity index (χ4n) is 6.45. The van der Waals surface area contributed by atoms with Crippen LogP contribution in [0.2, 0.25) is 5.04 Å². The molecule has 0 aliphatic carbocycles. The average Bonchev–Trinajstić information content (AvgIpc) is 3.73. The molecule has 0 N–H and O–H groups in total. The van der Waals surface area contributed by atoms with Crippen LogP contribution < -0.4 is 10.4 Å². The molecule has 0 unspecified atom stereocenters. The van der Waals surface area contributed by atoms with Gasteiger partial charge in [-0.2, -0.15) is 10.1 Å². The van der Waals surface area contributed by atoms with E-state index in [9.17, 15) is 4.39 Å². The van der Waals surface area contributed by atoms with E-state index in [2.05, 4.69) is 15.1 Å². The van der Waals surface area contributed by atoms with E-state index in [-0.39, 0.29) is 5.82 Å². The Hall–Kier alpha value is -5.32. The molecular weight excluding hydrogens is 654 g/mol. The fraction of sp³-hybridized carbons (Fsp3) is 0.175. The first-order valence-electron chi connectivity index (χ1n) is 16.3. The van der Waals surface area contributed by atoms with Gasteiger partial charge >= 0.3 is 0 Å². The molecule has 0 aliphatic rings. The van der Waals surface area contributed by atoms with Gasteiger partial charge in [0.15, 0.2) is 5.82 Å². The Labute approximate surface area is 289 Å². The topological polar surface area (TPSA) is 66.0 Å². The summed E-state index contributed by atoms with van der Waals surface area (Å²) in [5, 5.41) is 6.62. The van der Waals surface area contributed by atoms with Gasteiger partial charge in [0.2, 0.25) is 5.71 Å². The van der Waals surface area contributed by atoms with Crippen LogP contribution in [0.15, 0.2) is 138 Å². The van der Waals surface area contributed by atoms with Gasteiger partial charge < -0.3 is 8.84 Å². The first-order valence-corrected chi connectivity index (χ1v) is 18.2. The molecule has 10 heteroatoms. The van der Waals surface area contributed by atoms with Crippen molar-refractivity contribution >= 4 is 29.8 Å². The molecule has 0 saturated carbocycles. The molecule has 3 heterocycles. The molecule has 0 aliphatic heterocycles. The summed E-state index contributed by atoms with van der Waals surface area (Å²) in [6, 6.07) is 36.5. The number of fused-ring (bicyclic) bond motifs is 1. The minimum atomic E-state index is -3.31. The summed E-state index contributed by atoms with van der Waals surface area (Å²) in [7, 11) is -3.22. The number of nitrogens with zero attached hydrogens (tertiary/aromatic N) is 4. The molecule has 0 fully saturated rings. The number of furan rings is 1. The monoisotopic (exact) mass is 688 g/mol. The minimum Gasteiger partial charge on any atom is -0.438 e. The highest BCUT2D eigenvalue weighted by molar-refractivity contribution is 6.99. The van der Waals surface area contributed by atoms with Gasteiger partial charge in [0.1, 0.15) is 30.4 Å². The third kappa shape index (κ3) is 6.51. The van der Waals surface area contributed by atoms with Crippen molar-refractivity contribution in [1.82, 2.24) is 19.7 Å². The van der Waals surface area contributed by atoms with Crippen LogP contribution in [0.1, 0.15) is 20.8 Å². The van der Waals surface area contributed by atoms with Crippen molar-refractivity contribution in [3.05, 3.63) is 140 Å². The summed E-state index contributed by atoms with van der Waals surface area (Å²) < 4.78 is 60.1. The van der Waals surface area contributed by atoms with Crippen LogP contribution in [0.4, 0.5) is 13.2 Å². The van der Waals surface area contributed by atoms with Gasteiger partial charge in [-0.3, -0.25) is 4.68 Å². The van der Waals surface area contributed by atoms with E-state index >= 15 is 8.78 Å². The molecule has 0 atom stereocenters. The Balaban J connectivity index is 1.24. The Morgan fingerprint density at radius 1 is 0.780 bits per heavy atom. The summed E-state index contributed by atoms with van der Waals surface area (Å²) >= 11 is 0. The van der Waals surface area contributed by atoms with Crippen LogP contribution in [0.25, 0.3) is 45.1 Å². The third-order valence-electron chi connectivity index (χ3n) is 8.76. The van der Waals surface area contributed by atoms with Crippen molar-refractivity contribution in [2.45, 2.75) is 38.3 Å². The fourth-order valence-corrected chi connectivity index (χ4v) is 11.0. The van der Waals surface area contributed by atoms with Crippen molar-refractivity contribution in [3.8, 4) is 34.0 Å². The van der Waals surface area contributed by atoms with E-state index in [0.717, 1.165) is 15.9 Å². The molecule has 0 amide bonds. The van der Waals surface area contributed by atoms with Gasteiger partial charge in [-0.05, 0) is 45.7 Å². The third-order valence-corrected chi connectivity index (χ3v) is 13.7. The van der Waals surface area contributed by atoms with Crippen LogP contribution in [0.3, 0.4) is 0 Å². The molecule has 252 valence electrons. The van der Waals surface area contributed by atoms with E-state index in [1.807, 2.05) is 118 Å². The van der Waals surface area contributed by atoms with Gasteiger partial charge in [0.05, 0.1) is 10.9 Å². The lowest BCUT2D eigenvalue weighted by atomic mass is 10.1. The van der Waals surface area contributed by atoms with Crippen molar-refractivity contribution in [3.63, 3.8) is 0 Å². The molecule has 6 nitrogen and oxygen atoms in total. The first kappa shape index (κ1) is 33.2. The smallest absolute Gasteiger partial charge is 0.288 e. The number of hydrogen-bond donors (Lipinski definition) is 0. The number of halogens is 3. The van der Waals surface area contributed by atoms with E-state index in [1.165, 1.54) is 23.0 Å². The summed E-state index contributed by atoms with van der Waals surface area (Å²) in [6.07, 6.45) is 3.13. The molecule has 0 saturated heterocycles. The lowest BCUT2D eigenvalue weighted by Gasteiger charge is -2.43. The highest BCUT2D eigenvalue weighted by atomic mass is 28.4. The molecule has 7 aromatic rings. The van der Waals surface area contributed by atoms with Crippen LogP contribution in [0.5, 0.6) is 0 Å². The molecule has 0 spiro atoms. The van der Waals surface area contributed by atoms with Gasteiger partial charge in [0.25, 0.3) is 14.2 Å². The maximum Gasteiger partial charge on any atom is 0.288 e. The summed E-state index contributed by atoms with van der Waals surface area (Å²) in [6.45, 7) is 4.55. The SMILES string of the molecule is CC(C)(C)[Si](OCC(F)(F)Cn1cc(-c2ncc3cc(-c4ccccc4)oc3n2)c(-c2ccc(F)cc2)n1)(c1ccccc1)c1ccccc1. The standard InChI is InChI=1S/C40H35F3N4O2Si/c1-39(2,3)50(32-15-9-5-10-16-32,33-17-11-6-12-18-33)48-27-40(42,43)26-47-25-34(36(46-47)29-19-21-31(41)22-20-29)37-44-24-30-23-35(49-38(30)45-37)28-13-7-4-8-14-28/h4-25H,26-27H2,1-3H3.